The predicted octanol–water partition coefficient (Wildman–Crippen LogP) is 3.99. The summed E-state index contributed by atoms with van der Waals surface area (Å²) in [4.78, 5) is 15.0. The summed E-state index contributed by atoms with van der Waals surface area (Å²) in [7, 11) is 3.77. The van der Waals surface area contributed by atoms with Crippen LogP contribution in [0.4, 0.5) is 0 Å². The van der Waals surface area contributed by atoms with Crippen molar-refractivity contribution in [3.05, 3.63) is 94.9 Å². The molecule has 7 nitrogen and oxygen atoms in total. The predicted molar refractivity (Wildman–Crippen MR) is 130 cm³/mol. The molecule has 7 heteroatoms. The summed E-state index contributed by atoms with van der Waals surface area (Å²) >= 11 is 0. The third-order valence-corrected chi connectivity index (χ3v) is 6.46. The van der Waals surface area contributed by atoms with Gasteiger partial charge in [0.05, 0.1) is 5.69 Å². The molecular formula is C27H29N5O2. The number of amides is 1. The second-order valence-corrected chi connectivity index (χ2v) is 8.91. The number of aromatic nitrogens is 3. The van der Waals surface area contributed by atoms with Crippen LogP contribution in [-0.4, -0.2) is 38.8 Å². The minimum Gasteiger partial charge on any atom is -0.356 e. The van der Waals surface area contributed by atoms with Crippen molar-refractivity contribution in [2.24, 2.45) is 7.05 Å². The molecule has 2 aromatic carbocycles. The van der Waals surface area contributed by atoms with Crippen LogP contribution in [0.1, 0.15) is 39.4 Å². The van der Waals surface area contributed by atoms with Crippen molar-refractivity contribution >= 4 is 5.91 Å². The Bertz CT molecular complexity index is 1260. The maximum absolute atomic E-state index is 13.3. The number of aryl methyl sites for hydroxylation is 1. The Morgan fingerprint density at radius 3 is 2.65 bits per heavy atom. The molecule has 1 aliphatic rings. The van der Waals surface area contributed by atoms with E-state index in [9.17, 15) is 4.79 Å². The second-order valence-electron chi connectivity index (χ2n) is 8.91. The molecule has 174 valence electrons. The number of hydrogen-bond donors (Lipinski definition) is 1. The van der Waals surface area contributed by atoms with Crippen molar-refractivity contribution in [1.29, 1.82) is 0 Å². The van der Waals surface area contributed by atoms with Gasteiger partial charge in [-0.1, -0.05) is 65.8 Å². The Hall–Kier alpha value is -3.71. The number of carbonyl (C=O) groups excluding carboxylic acids is 1. The number of nitrogens with zero attached hydrogens (tertiary/aromatic N) is 4. The summed E-state index contributed by atoms with van der Waals surface area (Å²) in [5, 5.41) is 12.4. The van der Waals surface area contributed by atoms with Gasteiger partial charge in [-0.15, -0.1) is 0 Å². The molecule has 0 saturated carbocycles. The largest absolute Gasteiger partial charge is 0.356 e. The fourth-order valence-electron chi connectivity index (χ4n) is 4.63. The highest BCUT2D eigenvalue weighted by atomic mass is 16.5. The quantitative estimate of drug-likeness (QED) is 0.456. The Balaban J connectivity index is 1.25. The van der Waals surface area contributed by atoms with Crippen LogP contribution < -0.4 is 5.32 Å². The molecule has 1 N–H and O–H groups in total. The zero-order valence-corrected chi connectivity index (χ0v) is 19.6. The maximum atomic E-state index is 13.3. The van der Waals surface area contributed by atoms with E-state index in [1.54, 1.807) is 4.90 Å². The van der Waals surface area contributed by atoms with Crippen LogP contribution in [0.15, 0.2) is 71.3 Å². The highest BCUT2D eigenvalue weighted by Gasteiger charge is 2.29. The summed E-state index contributed by atoms with van der Waals surface area (Å²) in [5.74, 6) is 0.732. The van der Waals surface area contributed by atoms with Gasteiger partial charge in [0.2, 0.25) is 0 Å². The number of nitrogens with one attached hydrogen (secondary N) is 1. The van der Waals surface area contributed by atoms with E-state index in [0.29, 0.717) is 18.8 Å². The van der Waals surface area contributed by atoms with Gasteiger partial charge in [0, 0.05) is 56.1 Å². The van der Waals surface area contributed by atoms with Crippen LogP contribution in [0.5, 0.6) is 0 Å². The van der Waals surface area contributed by atoms with Crippen molar-refractivity contribution < 1.29 is 9.32 Å². The molecule has 0 bridgehead atoms. The SMILES string of the molecule is CN(Cc1ccccc1)C(=O)c1nn(C)c2c1CC(NCc1cc(-c3ccccc3)on1)CC2. The molecular weight excluding hydrogens is 426 g/mol. The van der Waals surface area contributed by atoms with E-state index in [1.165, 1.54) is 0 Å². The van der Waals surface area contributed by atoms with E-state index in [2.05, 4.69) is 15.6 Å². The van der Waals surface area contributed by atoms with Crippen molar-refractivity contribution in [1.82, 2.24) is 25.2 Å². The number of rotatable bonds is 7. The summed E-state index contributed by atoms with van der Waals surface area (Å²) in [6, 6.07) is 22.2. The number of fused-ring (bicyclic) bond motifs is 1. The fraction of sp³-hybridized carbons (Fsp3) is 0.296. The molecule has 34 heavy (non-hydrogen) atoms. The second kappa shape index (κ2) is 9.65. The Morgan fingerprint density at radius 1 is 1.15 bits per heavy atom. The molecule has 0 saturated heterocycles. The third kappa shape index (κ3) is 4.65. The molecule has 2 heterocycles. The van der Waals surface area contributed by atoms with Gasteiger partial charge in [-0.2, -0.15) is 5.10 Å². The molecule has 1 unspecified atom stereocenters. The summed E-state index contributed by atoms with van der Waals surface area (Å²) in [5.41, 5.74) is 5.76. The van der Waals surface area contributed by atoms with Crippen molar-refractivity contribution in [2.45, 2.75) is 38.4 Å². The van der Waals surface area contributed by atoms with Crippen LogP contribution in [0.2, 0.25) is 0 Å². The maximum Gasteiger partial charge on any atom is 0.274 e. The molecule has 4 aromatic rings. The molecule has 2 aromatic heterocycles. The van der Waals surface area contributed by atoms with Crippen LogP contribution in [0.25, 0.3) is 11.3 Å². The van der Waals surface area contributed by atoms with Crippen molar-refractivity contribution in [2.75, 3.05) is 7.05 Å². The zero-order chi connectivity index (χ0) is 23.5. The van der Waals surface area contributed by atoms with E-state index in [1.807, 2.05) is 85.5 Å². The molecule has 1 aliphatic carbocycles. The molecule has 1 atom stereocenters. The third-order valence-electron chi connectivity index (χ3n) is 6.46. The Kier molecular flexibility index (Phi) is 6.27. The Morgan fingerprint density at radius 2 is 1.88 bits per heavy atom. The van der Waals surface area contributed by atoms with E-state index in [-0.39, 0.29) is 11.9 Å². The first-order chi connectivity index (χ1) is 16.6. The number of hydrogen-bond acceptors (Lipinski definition) is 5. The zero-order valence-electron chi connectivity index (χ0n) is 19.6. The lowest BCUT2D eigenvalue weighted by molar-refractivity contribution is 0.0777. The summed E-state index contributed by atoms with van der Waals surface area (Å²) in [6.45, 7) is 1.18. The molecule has 0 spiro atoms. The molecule has 5 rings (SSSR count). The smallest absolute Gasteiger partial charge is 0.274 e. The van der Waals surface area contributed by atoms with Gasteiger partial charge in [0.25, 0.3) is 5.91 Å². The normalized spacial score (nSPS) is 15.2. The first-order valence-corrected chi connectivity index (χ1v) is 11.7. The molecule has 1 amide bonds. The van der Waals surface area contributed by atoms with Gasteiger partial charge < -0.3 is 14.7 Å². The minimum absolute atomic E-state index is 0.0367. The average Bonchev–Trinajstić information content (AvgIpc) is 3.48. The lowest BCUT2D eigenvalue weighted by Gasteiger charge is -2.24. The van der Waals surface area contributed by atoms with Crippen molar-refractivity contribution in [3.63, 3.8) is 0 Å². The first kappa shape index (κ1) is 22.1. The lowest BCUT2D eigenvalue weighted by atomic mass is 9.91. The van der Waals surface area contributed by atoms with E-state index < -0.39 is 0 Å². The standard InChI is InChI=1S/C27H29N5O2/c1-31(18-19-9-5-3-6-10-19)27(33)26-23-15-21(13-14-24(23)32(2)29-26)28-17-22-16-25(34-30-22)20-11-7-4-8-12-20/h3-12,16,21,28H,13-15,17-18H2,1-2H3. The van der Waals surface area contributed by atoms with Crippen LogP contribution in [0, 0.1) is 0 Å². The van der Waals surface area contributed by atoms with E-state index in [4.69, 9.17) is 4.52 Å². The van der Waals surface area contributed by atoms with E-state index in [0.717, 1.165) is 53.1 Å². The number of benzene rings is 2. The van der Waals surface area contributed by atoms with Crippen LogP contribution in [0.3, 0.4) is 0 Å². The summed E-state index contributed by atoms with van der Waals surface area (Å²) in [6.07, 6.45) is 2.65. The molecule has 0 radical (unpaired) electrons. The van der Waals surface area contributed by atoms with Gasteiger partial charge in [0.1, 0.15) is 0 Å². The van der Waals surface area contributed by atoms with Crippen LogP contribution >= 0.6 is 0 Å². The van der Waals surface area contributed by atoms with Gasteiger partial charge in [-0.05, 0) is 24.8 Å². The van der Waals surface area contributed by atoms with Gasteiger partial charge in [-0.3, -0.25) is 9.48 Å². The summed E-state index contributed by atoms with van der Waals surface area (Å²) < 4.78 is 7.40. The van der Waals surface area contributed by atoms with Crippen molar-refractivity contribution in [3.8, 4) is 11.3 Å². The molecule has 0 fully saturated rings. The highest BCUT2D eigenvalue weighted by Crippen LogP contribution is 2.26. The lowest BCUT2D eigenvalue weighted by Crippen LogP contribution is -2.35. The first-order valence-electron chi connectivity index (χ1n) is 11.7. The van der Waals surface area contributed by atoms with Gasteiger partial charge in [0.15, 0.2) is 11.5 Å². The number of carbonyl (C=O) groups is 1. The average molecular weight is 456 g/mol. The fourth-order valence-corrected chi connectivity index (χ4v) is 4.63. The molecule has 0 aliphatic heterocycles. The monoisotopic (exact) mass is 455 g/mol. The highest BCUT2D eigenvalue weighted by molar-refractivity contribution is 5.94. The minimum atomic E-state index is -0.0367. The van der Waals surface area contributed by atoms with Crippen LogP contribution in [-0.2, 0) is 33.0 Å². The van der Waals surface area contributed by atoms with E-state index >= 15 is 0 Å². The Labute approximate surface area is 199 Å². The topological polar surface area (TPSA) is 76.2 Å². The van der Waals surface area contributed by atoms with Gasteiger partial charge >= 0.3 is 0 Å². The van der Waals surface area contributed by atoms with Gasteiger partial charge in [-0.25, -0.2) is 0 Å².